The zero-order valence-corrected chi connectivity index (χ0v) is 12.4. The number of nitrogens with zero attached hydrogens (tertiary/aromatic N) is 1. The number of hydrogen-bond acceptors (Lipinski definition) is 5. The van der Waals surface area contributed by atoms with E-state index in [0.29, 0.717) is 22.9 Å². The molecule has 2 aromatic rings. The SMILES string of the molecule is CNC(=O)Cc1ccccc1NC(=O)c1csc(CN)n1. The summed E-state index contributed by atoms with van der Waals surface area (Å²) in [6, 6.07) is 7.18. The second kappa shape index (κ2) is 6.96. The number of benzene rings is 1. The summed E-state index contributed by atoms with van der Waals surface area (Å²) in [4.78, 5) is 27.8. The van der Waals surface area contributed by atoms with E-state index in [4.69, 9.17) is 5.73 Å². The second-order valence-corrected chi connectivity index (χ2v) is 5.23. The highest BCUT2D eigenvalue weighted by atomic mass is 32.1. The van der Waals surface area contributed by atoms with Crippen LogP contribution in [0.4, 0.5) is 5.69 Å². The number of amides is 2. The number of aromatic nitrogens is 1. The molecule has 0 bridgehead atoms. The lowest BCUT2D eigenvalue weighted by atomic mass is 10.1. The van der Waals surface area contributed by atoms with E-state index in [9.17, 15) is 9.59 Å². The quantitative estimate of drug-likeness (QED) is 0.771. The van der Waals surface area contributed by atoms with Gasteiger partial charge in [-0.15, -0.1) is 11.3 Å². The molecular formula is C14H16N4O2S. The van der Waals surface area contributed by atoms with Crippen LogP contribution in [0.2, 0.25) is 0 Å². The second-order valence-electron chi connectivity index (χ2n) is 4.29. The third kappa shape index (κ3) is 3.87. The summed E-state index contributed by atoms with van der Waals surface area (Å²) >= 11 is 1.35. The van der Waals surface area contributed by atoms with Crippen molar-refractivity contribution >= 4 is 28.8 Å². The Morgan fingerprint density at radius 3 is 2.76 bits per heavy atom. The molecule has 1 aromatic heterocycles. The standard InChI is InChI=1S/C14H16N4O2S/c1-16-12(19)6-9-4-2-3-5-10(9)18-14(20)11-8-21-13(7-15)17-11/h2-5,8H,6-7,15H2,1H3,(H,16,19)(H,18,20). The Hall–Kier alpha value is -2.25. The van der Waals surface area contributed by atoms with E-state index in [1.807, 2.05) is 6.07 Å². The Balaban J connectivity index is 2.15. The number of thiazole rings is 1. The Kier molecular flexibility index (Phi) is 5.02. The summed E-state index contributed by atoms with van der Waals surface area (Å²) in [7, 11) is 1.58. The molecule has 0 aliphatic heterocycles. The summed E-state index contributed by atoms with van der Waals surface area (Å²) in [5.41, 5.74) is 7.17. The van der Waals surface area contributed by atoms with Crippen molar-refractivity contribution in [2.24, 2.45) is 5.73 Å². The van der Waals surface area contributed by atoms with Crippen LogP contribution in [-0.2, 0) is 17.8 Å². The van der Waals surface area contributed by atoms with Crippen molar-refractivity contribution in [2.45, 2.75) is 13.0 Å². The van der Waals surface area contributed by atoms with Crippen molar-refractivity contribution < 1.29 is 9.59 Å². The number of nitrogens with one attached hydrogen (secondary N) is 2. The molecule has 0 aliphatic carbocycles. The Bertz CT molecular complexity index is 654. The molecule has 110 valence electrons. The summed E-state index contributed by atoms with van der Waals surface area (Å²) in [5, 5.41) is 7.71. The number of likely N-dealkylation sites (N-methyl/N-ethyl adjacent to an activating group) is 1. The monoisotopic (exact) mass is 304 g/mol. The minimum Gasteiger partial charge on any atom is -0.359 e. The lowest BCUT2D eigenvalue weighted by Gasteiger charge is -2.09. The van der Waals surface area contributed by atoms with Crippen molar-refractivity contribution in [1.29, 1.82) is 0 Å². The van der Waals surface area contributed by atoms with Gasteiger partial charge in [-0.3, -0.25) is 9.59 Å². The predicted octanol–water partition coefficient (Wildman–Crippen LogP) is 1.14. The van der Waals surface area contributed by atoms with Gasteiger partial charge in [0.1, 0.15) is 10.7 Å². The minimum atomic E-state index is -0.310. The molecule has 6 nitrogen and oxygen atoms in total. The summed E-state index contributed by atoms with van der Waals surface area (Å²) in [6.07, 6.45) is 0.206. The number of para-hydroxylation sites is 1. The van der Waals surface area contributed by atoms with Gasteiger partial charge in [0.2, 0.25) is 5.91 Å². The van der Waals surface area contributed by atoms with Gasteiger partial charge in [-0.25, -0.2) is 4.98 Å². The maximum absolute atomic E-state index is 12.1. The fourth-order valence-corrected chi connectivity index (χ4v) is 2.41. The fraction of sp³-hybridized carbons (Fsp3) is 0.214. The van der Waals surface area contributed by atoms with Crippen molar-refractivity contribution in [2.75, 3.05) is 12.4 Å². The van der Waals surface area contributed by atoms with Crippen LogP contribution in [-0.4, -0.2) is 23.8 Å². The predicted molar refractivity (Wildman–Crippen MR) is 82.2 cm³/mol. The van der Waals surface area contributed by atoms with Crippen LogP contribution in [0.15, 0.2) is 29.6 Å². The molecule has 2 amide bonds. The Labute approximate surface area is 126 Å². The van der Waals surface area contributed by atoms with Crippen molar-refractivity contribution in [3.8, 4) is 0 Å². The summed E-state index contributed by atoms with van der Waals surface area (Å²) < 4.78 is 0. The highest BCUT2D eigenvalue weighted by Gasteiger charge is 2.13. The molecule has 21 heavy (non-hydrogen) atoms. The molecule has 0 fully saturated rings. The first-order valence-electron chi connectivity index (χ1n) is 6.38. The Morgan fingerprint density at radius 1 is 1.33 bits per heavy atom. The van der Waals surface area contributed by atoms with Gasteiger partial charge in [0.05, 0.1) is 6.42 Å². The molecule has 0 aliphatic rings. The van der Waals surface area contributed by atoms with E-state index in [1.54, 1.807) is 30.6 Å². The minimum absolute atomic E-state index is 0.115. The number of rotatable bonds is 5. The van der Waals surface area contributed by atoms with Gasteiger partial charge < -0.3 is 16.4 Å². The highest BCUT2D eigenvalue weighted by Crippen LogP contribution is 2.17. The summed E-state index contributed by atoms with van der Waals surface area (Å²) in [6.45, 7) is 0.311. The van der Waals surface area contributed by atoms with Crippen molar-refractivity contribution in [3.63, 3.8) is 0 Å². The molecule has 4 N–H and O–H groups in total. The smallest absolute Gasteiger partial charge is 0.275 e. The maximum atomic E-state index is 12.1. The molecule has 1 heterocycles. The number of nitrogens with two attached hydrogens (primary N) is 1. The lowest BCUT2D eigenvalue weighted by molar-refractivity contribution is -0.119. The van der Waals surface area contributed by atoms with E-state index < -0.39 is 0 Å². The molecule has 1 aromatic carbocycles. The largest absolute Gasteiger partial charge is 0.359 e. The first kappa shape index (κ1) is 15.1. The molecule has 2 rings (SSSR count). The van der Waals surface area contributed by atoms with Gasteiger partial charge in [0.25, 0.3) is 5.91 Å². The van der Waals surface area contributed by atoms with E-state index >= 15 is 0 Å². The van der Waals surface area contributed by atoms with E-state index in [1.165, 1.54) is 11.3 Å². The van der Waals surface area contributed by atoms with Crippen molar-refractivity contribution in [1.82, 2.24) is 10.3 Å². The van der Waals surface area contributed by atoms with Crippen LogP contribution in [0.1, 0.15) is 21.1 Å². The van der Waals surface area contributed by atoms with Crippen LogP contribution < -0.4 is 16.4 Å². The van der Waals surface area contributed by atoms with Gasteiger partial charge in [-0.1, -0.05) is 18.2 Å². The zero-order chi connectivity index (χ0) is 15.2. The van der Waals surface area contributed by atoms with Crippen LogP contribution in [0.3, 0.4) is 0 Å². The van der Waals surface area contributed by atoms with Crippen LogP contribution in [0.25, 0.3) is 0 Å². The van der Waals surface area contributed by atoms with Gasteiger partial charge >= 0.3 is 0 Å². The molecule has 0 unspecified atom stereocenters. The fourth-order valence-electron chi connectivity index (χ4n) is 1.75. The first-order chi connectivity index (χ1) is 10.1. The maximum Gasteiger partial charge on any atom is 0.275 e. The van der Waals surface area contributed by atoms with Gasteiger partial charge in [0.15, 0.2) is 0 Å². The molecule has 7 heteroatoms. The normalized spacial score (nSPS) is 10.2. The van der Waals surface area contributed by atoms with Crippen LogP contribution in [0.5, 0.6) is 0 Å². The number of anilines is 1. The molecular weight excluding hydrogens is 288 g/mol. The summed E-state index contributed by atoms with van der Waals surface area (Å²) in [5.74, 6) is -0.425. The van der Waals surface area contributed by atoms with Crippen LogP contribution in [0, 0.1) is 0 Å². The van der Waals surface area contributed by atoms with Crippen LogP contribution >= 0.6 is 11.3 Å². The van der Waals surface area contributed by atoms with E-state index in [0.717, 1.165) is 5.56 Å². The van der Waals surface area contributed by atoms with Gasteiger partial charge in [-0.2, -0.15) is 0 Å². The first-order valence-corrected chi connectivity index (χ1v) is 7.26. The number of carbonyl (C=O) groups is 2. The average Bonchev–Trinajstić information content (AvgIpc) is 2.98. The molecule has 0 spiro atoms. The third-order valence-corrected chi connectivity index (χ3v) is 3.73. The molecule has 0 radical (unpaired) electrons. The lowest BCUT2D eigenvalue weighted by Crippen LogP contribution is -2.21. The average molecular weight is 304 g/mol. The number of carbonyl (C=O) groups excluding carboxylic acids is 2. The van der Waals surface area contributed by atoms with Gasteiger partial charge in [-0.05, 0) is 11.6 Å². The topological polar surface area (TPSA) is 97.1 Å². The highest BCUT2D eigenvalue weighted by molar-refractivity contribution is 7.09. The number of hydrogen-bond donors (Lipinski definition) is 3. The Morgan fingerprint density at radius 2 is 2.10 bits per heavy atom. The van der Waals surface area contributed by atoms with Gasteiger partial charge in [0, 0.05) is 24.7 Å². The van der Waals surface area contributed by atoms with Crippen molar-refractivity contribution in [3.05, 3.63) is 45.9 Å². The van der Waals surface area contributed by atoms with E-state index in [-0.39, 0.29) is 18.2 Å². The molecule has 0 atom stereocenters. The molecule has 0 saturated heterocycles. The molecule has 0 saturated carbocycles. The van der Waals surface area contributed by atoms with E-state index in [2.05, 4.69) is 15.6 Å². The zero-order valence-electron chi connectivity index (χ0n) is 11.6. The third-order valence-electron chi connectivity index (χ3n) is 2.85.